The third-order valence-electron chi connectivity index (χ3n) is 5.02. The number of rotatable bonds is 4. The molecule has 0 amide bonds. The zero-order valence-electron chi connectivity index (χ0n) is 14.1. The largest absolute Gasteiger partial charge is 0.345 e. The van der Waals surface area contributed by atoms with Gasteiger partial charge in [0.15, 0.2) is 0 Å². The molecule has 0 aliphatic carbocycles. The van der Waals surface area contributed by atoms with Gasteiger partial charge in [0.05, 0.1) is 17.1 Å². The topological polar surface area (TPSA) is 72.6 Å². The Labute approximate surface area is 137 Å². The lowest BCUT2D eigenvalue weighted by atomic mass is 10.1. The van der Waals surface area contributed by atoms with E-state index in [4.69, 9.17) is 4.98 Å². The van der Waals surface area contributed by atoms with Crippen molar-refractivity contribution in [2.75, 3.05) is 19.6 Å². The molecule has 0 saturated carbocycles. The van der Waals surface area contributed by atoms with Crippen LogP contribution < -0.4 is 5.32 Å². The first-order valence-electron chi connectivity index (χ1n) is 8.80. The predicted octanol–water partition coefficient (Wildman–Crippen LogP) is 1.50. The average Bonchev–Trinajstić information content (AvgIpc) is 3.17. The zero-order chi connectivity index (χ0) is 15.8. The molecule has 3 N–H and O–H groups in total. The van der Waals surface area contributed by atoms with Crippen molar-refractivity contribution in [2.45, 2.75) is 52.1 Å². The van der Waals surface area contributed by atoms with Gasteiger partial charge in [-0.05, 0) is 0 Å². The number of aromatic amines is 2. The third-order valence-corrected chi connectivity index (χ3v) is 5.02. The summed E-state index contributed by atoms with van der Waals surface area (Å²) in [5.41, 5.74) is 5.11. The number of hydrogen-bond acceptors (Lipinski definition) is 4. The highest BCUT2D eigenvalue weighted by atomic mass is 15.2. The summed E-state index contributed by atoms with van der Waals surface area (Å²) in [5.74, 6) is 2.69. The minimum atomic E-state index is 0.427. The van der Waals surface area contributed by atoms with Crippen molar-refractivity contribution in [1.82, 2.24) is 30.2 Å². The minimum Gasteiger partial charge on any atom is -0.345 e. The van der Waals surface area contributed by atoms with Gasteiger partial charge in [-0.3, -0.25) is 4.90 Å². The van der Waals surface area contributed by atoms with E-state index in [0.717, 1.165) is 63.6 Å². The van der Waals surface area contributed by atoms with Gasteiger partial charge in [0, 0.05) is 63.6 Å². The highest BCUT2D eigenvalue weighted by Gasteiger charge is 2.23. The number of fused-ring (bicyclic) bond motifs is 2. The van der Waals surface area contributed by atoms with Crippen LogP contribution in [0.3, 0.4) is 0 Å². The lowest BCUT2D eigenvalue weighted by molar-refractivity contribution is 0.236. The number of imidazole rings is 2. The Morgan fingerprint density at radius 3 is 2.87 bits per heavy atom. The number of aryl methyl sites for hydroxylation is 1. The molecule has 6 nitrogen and oxygen atoms in total. The summed E-state index contributed by atoms with van der Waals surface area (Å²) < 4.78 is 0. The molecule has 1 unspecified atom stereocenters. The van der Waals surface area contributed by atoms with Gasteiger partial charge in [0.2, 0.25) is 0 Å². The van der Waals surface area contributed by atoms with Crippen LogP contribution in [0.4, 0.5) is 0 Å². The Balaban J connectivity index is 1.43. The van der Waals surface area contributed by atoms with Gasteiger partial charge in [-0.15, -0.1) is 0 Å². The number of nitrogens with one attached hydrogen (secondary N) is 3. The molecule has 23 heavy (non-hydrogen) atoms. The van der Waals surface area contributed by atoms with Gasteiger partial charge in [-0.2, -0.15) is 0 Å². The smallest absolute Gasteiger partial charge is 0.110 e. The van der Waals surface area contributed by atoms with E-state index in [2.05, 4.69) is 39.0 Å². The van der Waals surface area contributed by atoms with Gasteiger partial charge in [0.1, 0.15) is 11.6 Å². The van der Waals surface area contributed by atoms with Crippen LogP contribution in [0.2, 0.25) is 0 Å². The number of aromatic nitrogens is 4. The first-order valence-corrected chi connectivity index (χ1v) is 8.80. The second-order valence-electron chi connectivity index (χ2n) is 6.82. The van der Waals surface area contributed by atoms with E-state index in [1.165, 1.54) is 22.8 Å². The first-order chi connectivity index (χ1) is 11.2. The Hall–Kier alpha value is -1.66. The molecule has 0 fully saturated rings. The van der Waals surface area contributed by atoms with Crippen molar-refractivity contribution in [1.29, 1.82) is 0 Å². The van der Waals surface area contributed by atoms with E-state index in [1.54, 1.807) is 0 Å². The second kappa shape index (κ2) is 6.09. The SMILES string of the molecule is CCc1nc2c([nH]1)CN(CC(C)c1nc3c([nH]1)CCNC3)CC2. The highest BCUT2D eigenvalue weighted by molar-refractivity contribution is 5.20. The fraction of sp³-hybridized carbons (Fsp3) is 0.647. The summed E-state index contributed by atoms with van der Waals surface area (Å²) in [7, 11) is 0. The maximum Gasteiger partial charge on any atom is 0.110 e. The van der Waals surface area contributed by atoms with E-state index in [1.807, 2.05) is 0 Å². The average molecular weight is 314 g/mol. The normalized spacial score (nSPS) is 19.4. The maximum absolute atomic E-state index is 4.81. The van der Waals surface area contributed by atoms with Crippen LogP contribution in [0.15, 0.2) is 0 Å². The molecule has 2 aliphatic heterocycles. The molecule has 2 aromatic heterocycles. The van der Waals surface area contributed by atoms with Crippen LogP contribution in [0.25, 0.3) is 0 Å². The second-order valence-corrected chi connectivity index (χ2v) is 6.82. The van der Waals surface area contributed by atoms with Gasteiger partial charge < -0.3 is 15.3 Å². The highest BCUT2D eigenvalue weighted by Crippen LogP contribution is 2.22. The molecule has 124 valence electrons. The molecule has 1 atom stereocenters. The molecule has 0 bridgehead atoms. The summed E-state index contributed by atoms with van der Waals surface area (Å²) in [4.78, 5) is 19.0. The summed E-state index contributed by atoms with van der Waals surface area (Å²) >= 11 is 0. The summed E-state index contributed by atoms with van der Waals surface area (Å²) in [6.45, 7) is 9.49. The van der Waals surface area contributed by atoms with Crippen LogP contribution >= 0.6 is 0 Å². The summed E-state index contributed by atoms with van der Waals surface area (Å²) in [6.07, 6.45) is 3.10. The van der Waals surface area contributed by atoms with Crippen molar-refractivity contribution in [2.24, 2.45) is 0 Å². The van der Waals surface area contributed by atoms with Crippen molar-refractivity contribution >= 4 is 0 Å². The molecule has 6 heteroatoms. The quantitative estimate of drug-likeness (QED) is 0.800. The van der Waals surface area contributed by atoms with Gasteiger partial charge >= 0.3 is 0 Å². The van der Waals surface area contributed by atoms with Crippen LogP contribution in [-0.2, 0) is 32.4 Å². The molecule has 0 saturated heterocycles. The van der Waals surface area contributed by atoms with Gasteiger partial charge in [-0.1, -0.05) is 13.8 Å². The molecule has 2 aromatic rings. The van der Waals surface area contributed by atoms with E-state index in [-0.39, 0.29) is 0 Å². The zero-order valence-corrected chi connectivity index (χ0v) is 14.1. The minimum absolute atomic E-state index is 0.427. The predicted molar refractivity (Wildman–Crippen MR) is 89.4 cm³/mol. The van der Waals surface area contributed by atoms with Crippen molar-refractivity contribution < 1.29 is 0 Å². The molecule has 0 aromatic carbocycles. The fourth-order valence-electron chi connectivity index (χ4n) is 3.68. The number of hydrogen-bond donors (Lipinski definition) is 3. The molecule has 4 rings (SSSR count). The molecule has 0 radical (unpaired) electrons. The van der Waals surface area contributed by atoms with Crippen LogP contribution in [-0.4, -0.2) is 44.5 Å². The third kappa shape index (κ3) is 2.93. The van der Waals surface area contributed by atoms with Gasteiger partial charge in [0.25, 0.3) is 0 Å². The fourth-order valence-corrected chi connectivity index (χ4v) is 3.68. The first kappa shape index (κ1) is 14.9. The molecular weight excluding hydrogens is 288 g/mol. The Bertz CT molecular complexity index is 662. The van der Waals surface area contributed by atoms with E-state index in [9.17, 15) is 0 Å². The standard InChI is InChI=1S/C17H26N6/c1-3-16-19-13-5-7-23(10-15(13)20-16)9-11(2)17-21-12-4-6-18-8-14(12)22-17/h11,18H,3-10H2,1-2H3,(H,19,20)(H,21,22). The van der Waals surface area contributed by atoms with E-state index >= 15 is 0 Å². The number of H-pyrrole nitrogens is 2. The van der Waals surface area contributed by atoms with E-state index < -0.39 is 0 Å². The van der Waals surface area contributed by atoms with Crippen molar-refractivity contribution in [3.05, 3.63) is 34.4 Å². The monoisotopic (exact) mass is 314 g/mol. The van der Waals surface area contributed by atoms with Crippen molar-refractivity contribution in [3.63, 3.8) is 0 Å². The maximum atomic E-state index is 4.81. The molecule has 4 heterocycles. The molecule has 2 aliphatic rings. The Kier molecular flexibility index (Phi) is 3.95. The lowest BCUT2D eigenvalue weighted by Crippen LogP contribution is -2.33. The lowest BCUT2D eigenvalue weighted by Gasteiger charge is -2.28. The Morgan fingerprint density at radius 1 is 1.13 bits per heavy atom. The summed E-state index contributed by atoms with van der Waals surface area (Å²) in [6, 6.07) is 0. The molecular formula is C17H26N6. The molecule has 0 spiro atoms. The van der Waals surface area contributed by atoms with Crippen LogP contribution in [0, 0.1) is 0 Å². The van der Waals surface area contributed by atoms with Gasteiger partial charge in [-0.25, -0.2) is 9.97 Å². The van der Waals surface area contributed by atoms with Crippen molar-refractivity contribution in [3.8, 4) is 0 Å². The summed E-state index contributed by atoms with van der Waals surface area (Å²) in [5, 5.41) is 3.39. The van der Waals surface area contributed by atoms with Crippen LogP contribution in [0.5, 0.6) is 0 Å². The number of nitrogens with zero attached hydrogens (tertiary/aromatic N) is 3. The van der Waals surface area contributed by atoms with Crippen LogP contribution in [0.1, 0.15) is 54.2 Å². The van der Waals surface area contributed by atoms with E-state index in [0.29, 0.717) is 5.92 Å². The Morgan fingerprint density at radius 2 is 2.04 bits per heavy atom.